The zero-order valence-corrected chi connectivity index (χ0v) is 23.2. The lowest BCUT2D eigenvalue weighted by molar-refractivity contribution is -0.110. The molecule has 204 valence electrons. The predicted octanol–water partition coefficient (Wildman–Crippen LogP) is 2.92. The number of rotatable bonds is 12. The Labute approximate surface area is 229 Å². The second-order valence-electron chi connectivity index (χ2n) is 8.43. The smallest absolute Gasteiger partial charge is 0.280 e. The first-order valence-electron chi connectivity index (χ1n) is 11.8. The minimum Gasteiger partial charge on any atom is -0.387 e. The Morgan fingerprint density at radius 2 is 1.82 bits per heavy atom. The standard InChI is InChI=1S/C25H27N7O5S2/c1-32(2)21-11-10-19-24(29-21)38-25(28-19)30-23(33)22(31-37-16-20-26-12-4-13-27-20)17-6-8-18(9-7-17)39(34,35)15-5-14-36-3/h4,6-13H,5,14-16H2,1-3H3,(H,28,30,33)/b31-22+. The number of benzene rings is 1. The maximum absolute atomic E-state index is 13.3. The highest BCUT2D eigenvalue weighted by atomic mass is 32.2. The molecular weight excluding hydrogens is 542 g/mol. The van der Waals surface area contributed by atoms with Gasteiger partial charge in [-0.25, -0.2) is 28.4 Å². The summed E-state index contributed by atoms with van der Waals surface area (Å²) in [5.41, 5.74) is 0.918. The number of ether oxygens (including phenoxy) is 1. The van der Waals surface area contributed by atoms with Crippen LogP contribution in [0.1, 0.15) is 17.8 Å². The molecular formula is C25H27N7O5S2. The van der Waals surface area contributed by atoms with Gasteiger partial charge in [0.25, 0.3) is 5.91 Å². The molecule has 39 heavy (non-hydrogen) atoms. The number of amides is 1. The number of hydrogen-bond donors (Lipinski definition) is 1. The minimum atomic E-state index is -3.51. The van der Waals surface area contributed by atoms with Crippen LogP contribution in [0.3, 0.4) is 0 Å². The molecule has 12 nitrogen and oxygen atoms in total. The van der Waals surface area contributed by atoms with E-state index >= 15 is 0 Å². The molecule has 4 aromatic rings. The lowest BCUT2D eigenvalue weighted by atomic mass is 10.1. The van der Waals surface area contributed by atoms with Gasteiger partial charge in [0.1, 0.15) is 16.2 Å². The lowest BCUT2D eigenvalue weighted by Gasteiger charge is -2.09. The molecule has 0 unspecified atom stereocenters. The number of carbonyl (C=O) groups is 1. The molecule has 0 fully saturated rings. The highest BCUT2D eigenvalue weighted by molar-refractivity contribution is 7.91. The maximum Gasteiger partial charge on any atom is 0.280 e. The van der Waals surface area contributed by atoms with E-state index in [4.69, 9.17) is 9.57 Å². The average molecular weight is 570 g/mol. The van der Waals surface area contributed by atoms with E-state index in [-0.39, 0.29) is 23.0 Å². The van der Waals surface area contributed by atoms with Crippen molar-refractivity contribution in [3.05, 3.63) is 66.2 Å². The van der Waals surface area contributed by atoms with Crippen LogP contribution in [0, 0.1) is 0 Å². The Kier molecular flexibility index (Phi) is 9.11. The first-order valence-corrected chi connectivity index (χ1v) is 14.3. The molecule has 1 N–H and O–H groups in total. The number of aromatic nitrogens is 4. The lowest BCUT2D eigenvalue weighted by Crippen LogP contribution is -2.24. The fourth-order valence-electron chi connectivity index (χ4n) is 3.38. The quantitative estimate of drug-likeness (QED) is 0.153. The summed E-state index contributed by atoms with van der Waals surface area (Å²) in [7, 11) is 1.78. The highest BCUT2D eigenvalue weighted by Gasteiger charge is 2.20. The number of nitrogens with zero attached hydrogens (tertiary/aromatic N) is 6. The molecule has 0 radical (unpaired) electrons. The fraction of sp³-hybridized carbons (Fsp3) is 0.280. The number of fused-ring (bicyclic) bond motifs is 1. The van der Waals surface area contributed by atoms with Gasteiger partial charge in [-0.2, -0.15) is 0 Å². The SMILES string of the molecule is COCCCS(=O)(=O)c1ccc(/C(=N\OCc2ncccn2)C(=O)Nc2nc3ccc(N(C)C)nc3s2)cc1. The average Bonchev–Trinajstić information content (AvgIpc) is 3.33. The predicted molar refractivity (Wildman–Crippen MR) is 149 cm³/mol. The number of oxime groups is 1. The summed E-state index contributed by atoms with van der Waals surface area (Å²) < 4.78 is 30.2. The van der Waals surface area contributed by atoms with Crippen LogP contribution in [0.15, 0.2) is 64.9 Å². The van der Waals surface area contributed by atoms with Crippen molar-refractivity contribution < 1.29 is 22.8 Å². The van der Waals surface area contributed by atoms with Crippen LogP contribution in [-0.4, -0.2) is 73.5 Å². The molecule has 0 bridgehead atoms. The molecule has 0 aliphatic rings. The molecule has 0 spiro atoms. The molecule has 1 amide bonds. The number of methoxy groups -OCH3 is 1. The Morgan fingerprint density at radius 1 is 1.08 bits per heavy atom. The van der Waals surface area contributed by atoms with Crippen molar-refractivity contribution in [1.29, 1.82) is 0 Å². The van der Waals surface area contributed by atoms with Crippen LogP contribution in [0.5, 0.6) is 0 Å². The zero-order valence-electron chi connectivity index (χ0n) is 21.6. The van der Waals surface area contributed by atoms with Gasteiger partial charge in [-0.3, -0.25) is 10.1 Å². The number of thiazole rings is 1. The number of anilines is 2. The zero-order chi connectivity index (χ0) is 27.8. The number of pyridine rings is 1. The Hall–Kier alpha value is -4.01. The summed E-state index contributed by atoms with van der Waals surface area (Å²) in [6.45, 7) is 0.274. The Morgan fingerprint density at radius 3 is 2.51 bits per heavy atom. The molecule has 0 saturated carbocycles. The van der Waals surface area contributed by atoms with Crippen LogP contribution >= 0.6 is 11.3 Å². The van der Waals surface area contributed by atoms with E-state index in [1.165, 1.54) is 42.7 Å². The van der Waals surface area contributed by atoms with Gasteiger partial charge in [-0.05, 0) is 36.8 Å². The van der Waals surface area contributed by atoms with Crippen molar-refractivity contribution >= 4 is 54.1 Å². The van der Waals surface area contributed by atoms with E-state index in [1.54, 1.807) is 18.5 Å². The first-order chi connectivity index (χ1) is 18.8. The molecule has 0 aliphatic carbocycles. The van der Waals surface area contributed by atoms with E-state index in [0.717, 1.165) is 5.82 Å². The third-order valence-corrected chi connectivity index (χ3v) is 8.05. The summed E-state index contributed by atoms with van der Waals surface area (Å²) in [6.07, 6.45) is 3.51. The summed E-state index contributed by atoms with van der Waals surface area (Å²) >= 11 is 1.22. The van der Waals surface area contributed by atoms with Gasteiger partial charge in [0.2, 0.25) is 0 Å². The molecule has 0 aliphatic heterocycles. The van der Waals surface area contributed by atoms with Gasteiger partial charge in [0, 0.05) is 45.8 Å². The molecule has 0 atom stereocenters. The van der Waals surface area contributed by atoms with Crippen molar-refractivity contribution in [3.63, 3.8) is 0 Å². The fourth-order valence-corrected chi connectivity index (χ4v) is 5.49. The van der Waals surface area contributed by atoms with Crippen LogP contribution in [0.4, 0.5) is 10.9 Å². The Balaban J connectivity index is 1.58. The van der Waals surface area contributed by atoms with Gasteiger partial charge in [0.15, 0.2) is 33.1 Å². The van der Waals surface area contributed by atoms with Gasteiger partial charge < -0.3 is 14.5 Å². The largest absolute Gasteiger partial charge is 0.387 e. The van der Waals surface area contributed by atoms with Gasteiger partial charge >= 0.3 is 0 Å². The molecule has 3 heterocycles. The minimum absolute atomic E-state index is 0.0526. The van der Waals surface area contributed by atoms with E-state index in [0.29, 0.717) is 39.9 Å². The van der Waals surface area contributed by atoms with Crippen molar-refractivity contribution in [2.24, 2.45) is 5.16 Å². The Bertz CT molecular complexity index is 1560. The van der Waals surface area contributed by atoms with Crippen molar-refractivity contribution in [3.8, 4) is 0 Å². The number of nitrogens with one attached hydrogen (secondary N) is 1. The highest BCUT2D eigenvalue weighted by Crippen LogP contribution is 2.26. The summed E-state index contributed by atoms with van der Waals surface area (Å²) in [4.78, 5) is 38.5. The first kappa shape index (κ1) is 28.0. The van der Waals surface area contributed by atoms with Crippen LogP contribution in [0.25, 0.3) is 10.3 Å². The van der Waals surface area contributed by atoms with Crippen LogP contribution in [0.2, 0.25) is 0 Å². The molecule has 0 saturated heterocycles. The van der Waals surface area contributed by atoms with E-state index < -0.39 is 15.7 Å². The van der Waals surface area contributed by atoms with Gasteiger partial charge in [0.05, 0.1) is 10.6 Å². The van der Waals surface area contributed by atoms with Crippen LogP contribution < -0.4 is 10.2 Å². The second-order valence-corrected chi connectivity index (χ2v) is 11.5. The van der Waals surface area contributed by atoms with Crippen molar-refractivity contribution in [2.75, 3.05) is 43.8 Å². The topological polar surface area (TPSA) is 149 Å². The van der Waals surface area contributed by atoms with Crippen molar-refractivity contribution in [2.45, 2.75) is 17.9 Å². The van der Waals surface area contributed by atoms with Gasteiger partial charge in [-0.1, -0.05) is 28.6 Å². The summed E-state index contributed by atoms with van der Waals surface area (Å²) in [5.74, 6) is 0.502. The second kappa shape index (κ2) is 12.7. The molecule has 1 aromatic carbocycles. The van der Waals surface area contributed by atoms with E-state index in [9.17, 15) is 13.2 Å². The third kappa shape index (κ3) is 7.31. The van der Waals surface area contributed by atoms with E-state index in [2.05, 4.69) is 30.4 Å². The number of carbonyl (C=O) groups excluding carboxylic acids is 1. The number of sulfone groups is 1. The third-order valence-electron chi connectivity index (χ3n) is 5.35. The monoisotopic (exact) mass is 569 g/mol. The summed E-state index contributed by atoms with van der Waals surface area (Å²) in [6, 6.07) is 11.2. The van der Waals surface area contributed by atoms with Crippen molar-refractivity contribution in [1.82, 2.24) is 19.9 Å². The maximum atomic E-state index is 13.3. The van der Waals surface area contributed by atoms with E-state index in [1.807, 2.05) is 31.1 Å². The molecule has 4 rings (SSSR count). The normalized spacial score (nSPS) is 11.9. The summed E-state index contributed by atoms with van der Waals surface area (Å²) in [5, 5.41) is 7.12. The van der Waals surface area contributed by atoms with Crippen LogP contribution in [-0.2, 0) is 30.8 Å². The molecule has 3 aromatic heterocycles. The number of hydrogen-bond acceptors (Lipinski definition) is 12. The van der Waals surface area contributed by atoms with Gasteiger partial charge in [-0.15, -0.1) is 0 Å². The molecule has 14 heteroatoms.